The van der Waals surface area contributed by atoms with Crippen LogP contribution in [0.5, 0.6) is 0 Å². The number of hydrogen-bond acceptors (Lipinski definition) is 2. The van der Waals surface area contributed by atoms with Gasteiger partial charge in [-0.3, -0.25) is 4.79 Å². The fourth-order valence-corrected chi connectivity index (χ4v) is 2.40. The van der Waals surface area contributed by atoms with E-state index in [0.29, 0.717) is 18.6 Å². The van der Waals surface area contributed by atoms with E-state index in [1.807, 2.05) is 0 Å². The first kappa shape index (κ1) is 11.9. The van der Waals surface area contributed by atoms with Crippen LogP contribution < -0.4 is 10.6 Å². The van der Waals surface area contributed by atoms with E-state index in [9.17, 15) is 4.79 Å². The second kappa shape index (κ2) is 6.24. The van der Waals surface area contributed by atoms with Gasteiger partial charge in [-0.15, -0.1) is 0 Å². The van der Waals surface area contributed by atoms with Gasteiger partial charge in [-0.2, -0.15) is 0 Å². The average Bonchev–Trinajstić information content (AvgIpc) is 3.00. The molecule has 2 saturated carbocycles. The lowest BCUT2D eigenvalue weighted by atomic mass is 9.97. The van der Waals surface area contributed by atoms with Crippen molar-refractivity contribution in [1.29, 1.82) is 0 Å². The van der Waals surface area contributed by atoms with Gasteiger partial charge >= 0.3 is 0 Å². The topological polar surface area (TPSA) is 41.1 Å². The first-order chi connectivity index (χ1) is 7.84. The maximum Gasteiger partial charge on any atom is 0.234 e. The normalized spacial score (nSPS) is 23.5. The lowest BCUT2D eigenvalue weighted by Gasteiger charge is -2.20. The van der Waals surface area contributed by atoms with E-state index in [-0.39, 0.29) is 5.91 Å². The van der Waals surface area contributed by atoms with E-state index in [2.05, 4.69) is 10.6 Å². The SMILES string of the molecule is O=C(CNC1CCCCCCC1)NC1CC1. The van der Waals surface area contributed by atoms with Crippen molar-refractivity contribution in [2.45, 2.75) is 69.9 Å². The quantitative estimate of drug-likeness (QED) is 0.766. The van der Waals surface area contributed by atoms with E-state index in [1.165, 1.54) is 57.8 Å². The number of carbonyl (C=O) groups excluding carboxylic acids is 1. The second-order valence-electron chi connectivity index (χ2n) is 5.26. The van der Waals surface area contributed by atoms with Crippen LogP contribution in [-0.2, 0) is 4.79 Å². The van der Waals surface area contributed by atoms with Gasteiger partial charge in [0.25, 0.3) is 0 Å². The molecule has 0 aliphatic heterocycles. The summed E-state index contributed by atoms with van der Waals surface area (Å²) >= 11 is 0. The lowest BCUT2D eigenvalue weighted by Crippen LogP contribution is -2.40. The van der Waals surface area contributed by atoms with Gasteiger partial charge < -0.3 is 10.6 Å². The first-order valence-electron chi connectivity index (χ1n) is 6.87. The average molecular weight is 224 g/mol. The largest absolute Gasteiger partial charge is 0.352 e. The summed E-state index contributed by atoms with van der Waals surface area (Å²) < 4.78 is 0. The molecule has 0 heterocycles. The molecule has 0 saturated heterocycles. The highest BCUT2D eigenvalue weighted by atomic mass is 16.2. The zero-order valence-corrected chi connectivity index (χ0v) is 10.1. The van der Waals surface area contributed by atoms with Gasteiger partial charge in [-0.05, 0) is 25.7 Å². The highest BCUT2D eigenvalue weighted by molar-refractivity contribution is 5.78. The number of amides is 1. The molecule has 2 aliphatic rings. The van der Waals surface area contributed by atoms with Crippen LogP contribution in [0, 0.1) is 0 Å². The van der Waals surface area contributed by atoms with Crippen LogP contribution in [0.4, 0.5) is 0 Å². The van der Waals surface area contributed by atoms with Gasteiger partial charge in [0.15, 0.2) is 0 Å². The predicted octanol–water partition coefficient (Wildman–Crippen LogP) is 1.97. The van der Waals surface area contributed by atoms with Gasteiger partial charge in [0.1, 0.15) is 0 Å². The monoisotopic (exact) mass is 224 g/mol. The van der Waals surface area contributed by atoms with Crippen molar-refractivity contribution in [3.63, 3.8) is 0 Å². The fourth-order valence-electron chi connectivity index (χ4n) is 2.40. The smallest absolute Gasteiger partial charge is 0.234 e. The van der Waals surface area contributed by atoms with Crippen molar-refractivity contribution < 1.29 is 4.79 Å². The summed E-state index contributed by atoms with van der Waals surface area (Å²) in [6, 6.07) is 1.07. The predicted molar refractivity (Wildman–Crippen MR) is 65.3 cm³/mol. The zero-order valence-electron chi connectivity index (χ0n) is 10.1. The van der Waals surface area contributed by atoms with Crippen molar-refractivity contribution in [3.8, 4) is 0 Å². The molecule has 0 aromatic carbocycles. The van der Waals surface area contributed by atoms with Gasteiger partial charge in [-0.1, -0.05) is 32.1 Å². The van der Waals surface area contributed by atoms with Crippen molar-refractivity contribution in [2.24, 2.45) is 0 Å². The van der Waals surface area contributed by atoms with Gasteiger partial charge in [-0.25, -0.2) is 0 Å². The molecule has 16 heavy (non-hydrogen) atoms. The van der Waals surface area contributed by atoms with Crippen LogP contribution in [0.3, 0.4) is 0 Å². The molecular formula is C13H24N2O. The Morgan fingerprint density at radius 1 is 0.875 bits per heavy atom. The van der Waals surface area contributed by atoms with E-state index < -0.39 is 0 Å². The Balaban J connectivity index is 1.60. The number of carbonyl (C=O) groups is 1. The van der Waals surface area contributed by atoms with E-state index in [4.69, 9.17) is 0 Å². The number of hydrogen-bond donors (Lipinski definition) is 2. The molecule has 1 amide bonds. The van der Waals surface area contributed by atoms with Crippen LogP contribution in [0.25, 0.3) is 0 Å². The van der Waals surface area contributed by atoms with Crippen LogP contribution in [0.1, 0.15) is 57.8 Å². The number of rotatable bonds is 4. The second-order valence-corrected chi connectivity index (χ2v) is 5.26. The summed E-state index contributed by atoms with van der Waals surface area (Å²) in [4.78, 5) is 11.5. The lowest BCUT2D eigenvalue weighted by molar-refractivity contribution is -0.120. The Bertz CT molecular complexity index is 218. The zero-order chi connectivity index (χ0) is 11.2. The minimum atomic E-state index is 0.185. The van der Waals surface area contributed by atoms with Crippen LogP contribution >= 0.6 is 0 Å². The third kappa shape index (κ3) is 4.52. The molecule has 0 bridgehead atoms. The highest BCUT2D eigenvalue weighted by Gasteiger charge is 2.23. The summed E-state index contributed by atoms with van der Waals surface area (Å²) in [5.41, 5.74) is 0. The molecule has 2 rings (SSSR count). The molecule has 0 unspecified atom stereocenters. The Hall–Kier alpha value is -0.570. The molecule has 2 N–H and O–H groups in total. The summed E-state index contributed by atoms with van der Waals surface area (Å²) in [7, 11) is 0. The molecule has 0 aromatic rings. The highest BCUT2D eigenvalue weighted by Crippen LogP contribution is 2.18. The first-order valence-corrected chi connectivity index (χ1v) is 6.87. The molecular weight excluding hydrogens is 200 g/mol. The summed E-state index contributed by atoms with van der Waals surface area (Å²) in [5.74, 6) is 0.185. The molecule has 2 fully saturated rings. The number of nitrogens with one attached hydrogen (secondary N) is 2. The molecule has 3 heteroatoms. The Labute approximate surface area is 98.4 Å². The molecule has 0 aromatic heterocycles. The Kier molecular flexibility index (Phi) is 4.64. The minimum absolute atomic E-state index is 0.185. The van der Waals surface area contributed by atoms with Crippen molar-refractivity contribution in [2.75, 3.05) is 6.54 Å². The molecule has 3 nitrogen and oxygen atoms in total. The summed E-state index contributed by atoms with van der Waals surface area (Å²) in [6.45, 7) is 0.515. The molecule has 0 spiro atoms. The fraction of sp³-hybridized carbons (Fsp3) is 0.923. The maximum atomic E-state index is 11.5. The Morgan fingerprint density at radius 2 is 1.50 bits per heavy atom. The Morgan fingerprint density at radius 3 is 2.12 bits per heavy atom. The van der Waals surface area contributed by atoms with Crippen molar-refractivity contribution in [1.82, 2.24) is 10.6 Å². The van der Waals surface area contributed by atoms with Crippen LogP contribution in [0.2, 0.25) is 0 Å². The molecule has 0 radical (unpaired) electrons. The van der Waals surface area contributed by atoms with Gasteiger partial charge in [0.2, 0.25) is 5.91 Å². The minimum Gasteiger partial charge on any atom is -0.352 e. The third-order valence-electron chi connectivity index (χ3n) is 3.60. The molecule has 92 valence electrons. The standard InChI is InChI=1S/C13H24N2O/c16-13(15-12-8-9-12)10-14-11-6-4-2-1-3-5-7-11/h11-12,14H,1-10H2,(H,15,16). The van der Waals surface area contributed by atoms with Gasteiger partial charge in [0, 0.05) is 12.1 Å². The van der Waals surface area contributed by atoms with Crippen LogP contribution in [-0.4, -0.2) is 24.5 Å². The molecule has 2 aliphatic carbocycles. The maximum absolute atomic E-state index is 11.5. The van der Waals surface area contributed by atoms with E-state index >= 15 is 0 Å². The van der Waals surface area contributed by atoms with E-state index in [0.717, 1.165) is 0 Å². The molecule has 0 atom stereocenters. The van der Waals surface area contributed by atoms with Gasteiger partial charge in [0.05, 0.1) is 6.54 Å². The van der Waals surface area contributed by atoms with E-state index in [1.54, 1.807) is 0 Å². The summed E-state index contributed by atoms with van der Waals surface area (Å²) in [6.07, 6.45) is 11.6. The van der Waals surface area contributed by atoms with Crippen molar-refractivity contribution >= 4 is 5.91 Å². The van der Waals surface area contributed by atoms with Crippen LogP contribution in [0.15, 0.2) is 0 Å². The summed E-state index contributed by atoms with van der Waals surface area (Å²) in [5, 5.41) is 6.43. The van der Waals surface area contributed by atoms with Crippen molar-refractivity contribution in [3.05, 3.63) is 0 Å². The third-order valence-corrected chi connectivity index (χ3v) is 3.60.